The number of nitrogens with two attached hydrogens (primary N) is 1. The van der Waals surface area contributed by atoms with E-state index >= 15 is 0 Å². The summed E-state index contributed by atoms with van der Waals surface area (Å²) in [5.41, 5.74) is 5.41. The molecule has 0 heterocycles. The molecule has 3 N–H and O–H groups in total. The Morgan fingerprint density at radius 2 is 2.18 bits per heavy atom. The van der Waals surface area contributed by atoms with Gasteiger partial charge < -0.3 is 11.1 Å². The van der Waals surface area contributed by atoms with Crippen molar-refractivity contribution in [1.29, 1.82) is 0 Å². The van der Waals surface area contributed by atoms with E-state index in [4.69, 9.17) is 5.73 Å². The Labute approximate surface area is 73.1 Å². The first-order chi connectivity index (χ1) is 5.07. The summed E-state index contributed by atoms with van der Waals surface area (Å²) in [4.78, 5) is 11.0. The van der Waals surface area contributed by atoms with Gasteiger partial charge in [-0.15, -0.1) is 0 Å². The second-order valence-electron chi connectivity index (χ2n) is 2.93. The average Bonchev–Trinajstić information content (AvgIpc) is 1.98. The quantitative estimate of drug-likeness (QED) is 0.529. The lowest BCUT2D eigenvalue weighted by atomic mass is 10.2. The summed E-state index contributed by atoms with van der Waals surface area (Å²) >= 11 is 3.91. The van der Waals surface area contributed by atoms with Crippen LogP contribution in [0.3, 0.4) is 0 Å². The molecule has 0 aliphatic rings. The summed E-state index contributed by atoms with van der Waals surface area (Å²) < 4.78 is 0. The van der Waals surface area contributed by atoms with E-state index < -0.39 is 6.04 Å². The number of thiol groups is 1. The molecule has 0 aromatic heterocycles. The highest BCUT2D eigenvalue weighted by atomic mass is 32.1. The molecule has 0 spiro atoms. The van der Waals surface area contributed by atoms with Gasteiger partial charge in [0, 0.05) is 12.3 Å². The van der Waals surface area contributed by atoms with Crippen LogP contribution < -0.4 is 11.1 Å². The molecule has 0 rings (SSSR count). The van der Waals surface area contributed by atoms with Crippen molar-refractivity contribution >= 4 is 18.5 Å². The van der Waals surface area contributed by atoms with E-state index in [-0.39, 0.29) is 5.91 Å². The summed E-state index contributed by atoms with van der Waals surface area (Å²) in [5.74, 6) is 0.740. The Morgan fingerprint density at radius 1 is 1.64 bits per heavy atom. The fraction of sp³-hybridized carbons (Fsp3) is 0.857. The first-order valence-electron chi connectivity index (χ1n) is 3.72. The van der Waals surface area contributed by atoms with Crippen LogP contribution in [0.2, 0.25) is 0 Å². The summed E-state index contributed by atoms with van der Waals surface area (Å²) in [6.07, 6.45) is 0. The first kappa shape index (κ1) is 10.8. The van der Waals surface area contributed by atoms with Crippen molar-refractivity contribution in [1.82, 2.24) is 5.32 Å². The third-order valence-corrected chi connectivity index (χ3v) is 1.61. The first-order valence-corrected chi connectivity index (χ1v) is 4.35. The standard InChI is InChI=1S/C7H16N2OS/c1-5(2)3-9-7(10)6(8)4-11/h5-6,11H,3-4,8H2,1-2H3,(H,9,10). The minimum absolute atomic E-state index is 0.117. The summed E-state index contributed by atoms with van der Waals surface area (Å²) in [6.45, 7) is 4.75. The van der Waals surface area contributed by atoms with Crippen LogP contribution >= 0.6 is 12.6 Å². The van der Waals surface area contributed by atoms with Crippen LogP contribution in [-0.4, -0.2) is 24.2 Å². The van der Waals surface area contributed by atoms with Gasteiger partial charge in [0.05, 0.1) is 6.04 Å². The summed E-state index contributed by atoms with van der Waals surface area (Å²) in [6, 6.07) is -0.475. The lowest BCUT2D eigenvalue weighted by Crippen LogP contribution is -2.43. The molecular formula is C7H16N2OS. The van der Waals surface area contributed by atoms with Crippen LogP contribution in [0.5, 0.6) is 0 Å². The van der Waals surface area contributed by atoms with Crippen molar-refractivity contribution in [3.05, 3.63) is 0 Å². The maximum atomic E-state index is 11.0. The summed E-state index contributed by atoms with van der Waals surface area (Å²) in [7, 11) is 0. The van der Waals surface area contributed by atoms with Gasteiger partial charge in [0.1, 0.15) is 0 Å². The van der Waals surface area contributed by atoms with Gasteiger partial charge in [-0.05, 0) is 5.92 Å². The van der Waals surface area contributed by atoms with Gasteiger partial charge in [-0.25, -0.2) is 0 Å². The monoisotopic (exact) mass is 176 g/mol. The van der Waals surface area contributed by atoms with Gasteiger partial charge >= 0.3 is 0 Å². The molecule has 0 bridgehead atoms. The molecule has 0 aliphatic heterocycles. The van der Waals surface area contributed by atoms with E-state index in [0.29, 0.717) is 18.2 Å². The van der Waals surface area contributed by atoms with Crippen molar-refractivity contribution < 1.29 is 4.79 Å². The zero-order chi connectivity index (χ0) is 8.85. The normalized spacial score (nSPS) is 13.2. The Bertz CT molecular complexity index is 128. The highest BCUT2D eigenvalue weighted by Gasteiger charge is 2.10. The van der Waals surface area contributed by atoms with Crippen LogP contribution in [0.4, 0.5) is 0 Å². The van der Waals surface area contributed by atoms with Crippen LogP contribution in [0.15, 0.2) is 0 Å². The van der Waals surface area contributed by atoms with Gasteiger partial charge in [-0.2, -0.15) is 12.6 Å². The molecule has 0 saturated carbocycles. The van der Waals surface area contributed by atoms with E-state index in [2.05, 4.69) is 17.9 Å². The average molecular weight is 176 g/mol. The van der Waals surface area contributed by atoms with Gasteiger partial charge in [0.25, 0.3) is 0 Å². The number of hydrogen-bond acceptors (Lipinski definition) is 3. The maximum absolute atomic E-state index is 11.0. The van der Waals surface area contributed by atoms with Crippen LogP contribution in [0.1, 0.15) is 13.8 Å². The van der Waals surface area contributed by atoms with Crippen LogP contribution in [-0.2, 0) is 4.79 Å². The van der Waals surface area contributed by atoms with Crippen LogP contribution in [0, 0.1) is 5.92 Å². The van der Waals surface area contributed by atoms with Gasteiger partial charge in [-0.1, -0.05) is 13.8 Å². The van der Waals surface area contributed by atoms with E-state index in [9.17, 15) is 4.79 Å². The van der Waals surface area contributed by atoms with Crippen molar-refractivity contribution in [3.8, 4) is 0 Å². The molecule has 1 amide bonds. The zero-order valence-electron chi connectivity index (χ0n) is 7.00. The molecule has 66 valence electrons. The number of nitrogens with one attached hydrogen (secondary N) is 1. The minimum Gasteiger partial charge on any atom is -0.354 e. The van der Waals surface area contributed by atoms with E-state index in [1.54, 1.807) is 0 Å². The predicted octanol–water partition coefficient (Wildman–Crippen LogP) is 0.0157. The smallest absolute Gasteiger partial charge is 0.237 e. The topological polar surface area (TPSA) is 55.1 Å². The van der Waals surface area contributed by atoms with Gasteiger partial charge in [0.2, 0.25) is 5.91 Å². The van der Waals surface area contributed by atoms with E-state index in [1.807, 2.05) is 13.8 Å². The lowest BCUT2D eigenvalue weighted by molar-refractivity contribution is -0.122. The van der Waals surface area contributed by atoms with Gasteiger partial charge in [0.15, 0.2) is 0 Å². The van der Waals surface area contributed by atoms with E-state index in [0.717, 1.165) is 0 Å². The third-order valence-electron chi connectivity index (χ3n) is 1.22. The van der Waals surface area contributed by atoms with Crippen molar-refractivity contribution in [2.75, 3.05) is 12.3 Å². The molecule has 3 nitrogen and oxygen atoms in total. The fourth-order valence-electron chi connectivity index (χ4n) is 0.519. The number of hydrogen-bond donors (Lipinski definition) is 3. The molecule has 1 atom stereocenters. The molecule has 0 aromatic rings. The van der Waals surface area contributed by atoms with Crippen molar-refractivity contribution in [2.24, 2.45) is 11.7 Å². The largest absolute Gasteiger partial charge is 0.354 e. The fourth-order valence-corrected chi connectivity index (χ4v) is 0.685. The van der Waals surface area contributed by atoms with Crippen molar-refractivity contribution in [3.63, 3.8) is 0 Å². The third kappa shape index (κ3) is 5.09. The molecule has 0 radical (unpaired) electrons. The second kappa shape index (κ2) is 5.43. The minimum atomic E-state index is -0.475. The molecule has 0 aliphatic carbocycles. The maximum Gasteiger partial charge on any atom is 0.237 e. The SMILES string of the molecule is CC(C)CNC(=O)C(N)CS. The van der Waals surface area contributed by atoms with Gasteiger partial charge in [-0.3, -0.25) is 4.79 Å². The Balaban J connectivity index is 3.52. The molecule has 0 saturated heterocycles. The molecule has 0 aromatic carbocycles. The number of carbonyl (C=O) groups excluding carboxylic acids is 1. The highest BCUT2D eigenvalue weighted by Crippen LogP contribution is 1.88. The highest BCUT2D eigenvalue weighted by molar-refractivity contribution is 7.80. The Kier molecular flexibility index (Phi) is 5.32. The number of amides is 1. The summed E-state index contributed by atoms with van der Waals surface area (Å²) in [5, 5.41) is 2.72. The second-order valence-corrected chi connectivity index (χ2v) is 3.29. The lowest BCUT2D eigenvalue weighted by Gasteiger charge is -2.10. The predicted molar refractivity (Wildman–Crippen MR) is 49.7 cm³/mol. The number of carbonyl (C=O) groups is 1. The molecule has 11 heavy (non-hydrogen) atoms. The molecule has 0 fully saturated rings. The van der Waals surface area contributed by atoms with Crippen LogP contribution in [0.25, 0.3) is 0 Å². The van der Waals surface area contributed by atoms with Crippen molar-refractivity contribution in [2.45, 2.75) is 19.9 Å². The molecule has 4 heteroatoms. The Hall–Kier alpha value is -0.220. The molecule has 1 unspecified atom stereocenters. The zero-order valence-corrected chi connectivity index (χ0v) is 7.90. The number of rotatable bonds is 4. The molecular weight excluding hydrogens is 160 g/mol. The van der Waals surface area contributed by atoms with E-state index in [1.165, 1.54) is 0 Å². The Morgan fingerprint density at radius 3 is 2.55 bits per heavy atom.